The van der Waals surface area contributed by atoms with Gasteiger partial charge in [0, 0.05) is 12.0 Å². The molecule has 0 aromatic heterocycles. The highest BCUT2D eigenvalue weighted by atomic mass is 19.3. The number of carbonyl (C=O) groups excluding carboxylic acids is 2. The first-order chi connectivity index (χ1) is 15.8. The molecule has 174 valence electrons. The standard InChI is InChI=1S/C24H24F2N2O5/c25-24(26,22(31)28-20-11-5-10-18(20)21(29)30)13-27-23(32)33-12-19-16-8-3-1-6-14(16)15-7-2-4-9-17(15)19/h1-4,6-9,18-20H,5,10-13H2,(H,27,32)(H,28,31)(H,29,30)/t18-,20+/m1/s1. The molecule has 2 aliphatic carbocycles. The zero-order valence-electron chi connectivity index (χ0n) is 17.7. The molecule has 7 nitrogen and oxygen atoms in total. The summed E-state index contributed by atoms with van der Waals surface area (Å²) in [6.45, 7) is -1.29. The lowest BCUT2D eigenvalue weighted by molar-refractivity contribution is -0.147. The van der Waals surface area contributed by atoms with Crippen LogP contribution in [-0.4, -0.2) is 48.2 Å². The molecule has 4 rings (SSSR count). The summed E-state index contributed by atoms with van der Waals surface area (Å²) < 4.78 is 33.7. The van der Waals surface area contributed by atoms with Crippen LogP contribution in [0, 0.1) is 5.92 Å². The summed E-state index contributed by atoms with van der Waals surface area (Å²) in [5.41, 5.74) is 4.05. The molecule has 3 N–H and O–H groups in total. The van der Waals surface area contributed by atoms with Gasteiger partial charge >= 0.3 is 18.0 Å². The number of alkyl carbamates (subject to hydrolysis) is 1. The van der Waals surface area contributed by atoms with E-state index in [4.69, 9.17) is 9.84 Å². The maximum Gasteiger partial charge on any atom is 0.407 e. The van der Waals surface area contributed by atoms with Crippen LogP contribution in [-0.2, 0) is 14.3 Å². The van der Waals surface area contributed by atoms with Gasteiger partial charge in [0.15, 0.2) is 0 Å². The Morgan fingerprint density at radius 3 is 2.21 bits per heavy atom. The van der Waals surface area contributed by atoms with Crippen LogP contribution in [0.2, 0.25) is 0 Å². The van der Waals surface area contributed by atoms with Crippen LogP contribution in [0.4, 0.5) is 13.6 Å². The Morgan fingerprint density at radius 2 is 1.61 bits per heavy atom. The molecule has 1 saturated carbocycles. The largest absolute Gasteiger partial charge is 0.481 e. The van der Waals surface area contributed by atoms with E-state index >= 15 is 0 Å². The average molecular weight is 458 g/mol. The number of halogens is 2. The van der Waals surface area contributed by atoms with Crippen molar-refractivity contribution in [3.8, 4) is 11.1 Å². The number of carbonyl (C=O) groups is 3. The van der Waals surface area contributed by atoms with Crippen LogP contribution in [0.1, 0.15) is 36.3 Å². The molecule has 0 saturated heterocycles. The van der Waals surface area contributed by atoms with Crippen LogP contribution >= 0.6 is 0 Å². The van der Waals surface area contributed by atoms with Gasteiger partial charge in [0.1, 0.15) is 6.61 Å². The Morgan fingerprint density at radius 1 is 1.00 bits per heavy atom. The first-order valence-corrected chi connectivity index (χ1v) is 10.8. The van der Waals surface area contributed by atoms with Crippen LogP contribution in [0.15, 0.2) is 48.5 Å². The number of carboxylic acids is 1. The number of carboxylic acid groups (broad SMARTS) is 1. The topological polar surface area (TPSA) is 105 Å². The third-order valence-electron chi connectivity index (χ3n) is 6.28. The lowest BCUT2D eigenvalue weighted by Crippen LogP contribution is -2.52. The molecule has 0 radical (unpaired) electrons. The molecule has 0 bridgehead atoms. The number of amides is 2. The van der Waals surface area contributed by atoms with E-state index in [2.05, 4.69) is 5.32 Å². The highest BCUT2D eigenvalue weighted by molar-refractivity contribution is 5.85. The number of hydrogen-bond acceptors (Lipinski definition) is 4. The minimum Gasteiger partial charge on any atom is -0.481 e. The maximum atomic E-state index is 14.3. The second-order valence-corrected chi connectivity index (χ2v) is 8.34. The smallest absolute Gasteiger partial charge is 0.407 e. The normalized spacial score (nSPS) is 19.5. The average Bonchev–Trinajstić information content (AvgIpc) is 3.39. The van der Waals surface area contributed by atoms with Crippen molar-refractivity contribution in [2.24, 2.45) is 5.92 Å². The number of benzene rings is 2. The van der Waals surface area contributed by atoms with Crippen molar-refractivity contribution in [2.75, 3.05) is 13.2 Å². The van der Waals surface area contributed by atoms with Gasteiger partial charge in [0.25, 0.3) is 5.91 Å². The zero-order chi connectivity index (χ0) is 23.6. The molecule has 0 unspecified atom stereocenters. The van der Waals surface area contributed by atoms with E-state index in [9.17, 15) is 23.2 Å². The van der Waals surface area contributed by atoms with E-state index in [-0.39, 0.29) is 12.5 Å². The SMILES string of the molecule is O=C(NCC(F)(F)C(=O)N[C@H]1CCC[C@H]1C(=O)O)OCC1c2ccccc2-c2ccccc21. The van der Waals surface area contributed by atoms with Crippen molar-refractivity contribution in [3.05, 3.63) is 59.7 Å². The van der Waals surface area contributed by atoms with Crippen molar-refractivity contribution in [2.45, 2.75) is 37.1 Å². The number of fused-ring (bicyclic) bond motifs is 3. The summed E-state index contributed by atoms with van der Waals surface area (Å²) >= 11 is 0. The van der Waals surface area contributed by atoms with Crippen LogP contribution in [0.3, 0.4) is 0 Å². The third kappa shape index (κ3) is 4.67. The predicted molar refractivity (Wildman–Crippen MR) is 115 cm³/mol. The van der Waals surface area contributed by atoms with Gasteiger partial charge in [-0.2, -0.15) is 8.78 Å². The van der Waals surface area contributed by atoms with Crippen LogP contribution in [0.5, 0.6) is 0 Å². The van der Waals surface area contributed by atoms with E-state index in [0.29, 0.717) is 19.3 Å². The Labute approximate surface area is 189 Å². The lowest BCUT2D eigenvalue weighted by atomic mass is 9.98. The fourth-order valence-electron chi connectivity index (χ4n) is 4.62. The number of nitrogens with one attached hydrogen (secondary N) is 2. The number of hydrogen-bond donors (Lipinski definition) is 3. The maximum absolute atomic E-state index is 14.3. The minimum absolute atomic E-state index is 0.0417. The quantitative estimate of drug-likeness (QED) is 0.589. The summed E-state index contributed by atoms with van der Waals surface area (Å²) in [4.78, 5) is 35.3. The molecular weight excluding hydrogens is 434 g/mol. The molecule has 2 aliphatic rings. The van der Waals surface area contributed by atoms with E-state index in [0.717, 1.165) is 22.3 Å². The van der Waals surface area contributed by atoms with E-state index in [1.165, 1.54) is 0 Å². The first-order valence-electron chi connectivity index (χ1n) is 10.8. The summed E-state index contributed by atoms with van der Waals surface area (Å²) in [7, 11) is 0. The summed E-state index contributed by atoms with van der Waals surface area (Å²) in [5, 5.41) is 13.2. The molecule has 0 spiro atoms. The summed E-state index contributed by atoms with van der Waals surface area (Å²) in [6, 6.07) is 14.6. The molecule has 2 atom stereocenters. The van der Waals surface area contributed by atoms with Gasteiger partial charge < -0.3 is 20.5 Å². The molecular formula is C24H24F2N2O5. The zero-order valence-corrected chi connectivity index (χ0v) is 17.7. The van der Waals surface area contributed by atoms with Gasteiger partial charge in [-0.25, -0.2) is 4.79 Å². The van der Waals surface area contributed by atoms with Gasteiger partial charge in [0.2, 0.25) is 0 Å². The molecule has 9 heteroatoms. The predicted octanol–water partition coefficient (Wildman–Crippen LogP) is 3.53. The number of ether oxygens (including phenoxy) is 1. The van der Waals surface area contributed by atoms with Gasteiger partial charge in [-0.1, -0.05) is 55.0 Å². The van der Waals surface area contributed by atoms with Crippen LogP contribution in [0.25, 0.3) is 11.1 Å². The number of aliphatic carboxylic acids is 1. The summed E-state index contributed by atoms with van der Waals surface area (Å²) in [6.07, 6.45) is 0.113. The van der Waals surface area contributed by atoms with E-state index in [1.807, 2.05) is 53.8 Å². The Kier molecular flexibility index (Phi) is 6.31. The highest BCUT2D eigenvalue weighted by Crippen LogP contribution is 2.44. The van der Waals surface area contributed by atoms with Gasteiger partial charge in [-0.15, -0.1) is 0 Å². The molecule has 2 amide bonds. The molecule has 2 aromatic carbocycles. The fourth-order valence-corrected chi connectivity index (χ4v) is 4.62. The number of alkyl halides is 2. The molecule has 0 aliphatic heterocycles. The highest BCUT2D eigenvalue weighted by Gasteiger charge is 2.43. The van der Waals surface area contributed by atoms with Crippen molar-refractivity contribution in [3.63, 3.8) is 0 Å². The van der Waals surface area contributed by atoms with Gasteiger partial charge in [-0.3, -0.25) is 9.59 Å². The number of rotatable bonds is 7. The monoisotopic (exact) mass is 458 g/mol. The van der Waals surface area contributed by atoms with Crippen molar-refractivity contribution < 1.29 is 33.0 Å². The van der Waals surface area contributed by atoms with Crippen LogP contribution < -0.4 is 10.6 Å². The Hall–Kier alpha value is -3.49. The van der Waals surface area contributed by atoms with E-state index in [1.54, 1.807) is 0 Å². The molecule has 33 heavy (non-hydrogen) atoms. The third-order valence-corrected chi connectivity index (χ3v) is 6.28. The molecule has 2 aromatic rings. The Bertz CT molecular complexity index is 1030. The fraction of sp³-hybridized carbons (Fsp3) is 0.375. The second-order valence-electron chi connectivity index (χ2n) is 8.34. The molecule has 0 heterocycles. The van der Waals surface area contributed by atoms with E-state index < -0.39 is 42.4 Å². The first kappa shape index (κ1) is 22.7. The Balaban J connectivity index is 1.31. The van der Waals surface area contributed by atoms with Gasteiger partial charge in [0.05, 0.1) is 12.5 Å². The van der Waals surface area contributed by atoms with Crippen molar-refractivity contribution in [1.29, 1.82) is 0 Å². The molecule has 1 fully saturated rings. The van der Waals surface area contributed by atoms with Gasteiger partial charge in [-0.05, 0) is 35.1 Å². The summed E-state index contributed by atoms with van der Waals surface area (Å²) in [5.74, 6) is -7.75. The second kappa shape index (κ2) is 9.17. The van der Waals surface area contributed by atoms with Crippen molar-refractivity contribution in [1.82, 2.24) is 10.6 Å². The van der Waals surface area contributed by atoms with Crippen molar-refractivity contribution >= 4 is 18.0 Å². The minimum atomic E-state index is -3.91. The lowest BCUT2D eigenvalue weighted by Gasteiger charge is -2.22.